The summed E-state index contributed by atoms with van der Waals surface area (Å²) in [6, 6.07) is 11.6. The Morgan fingerprint density at radius 2 is 1.52 bits per heavy atom. The summed E-state index contributed by atoms with van der Waals surface area (Å²) in [6.45, 7) is 3.71. The van der Waals surface area contributed by atoms with Crippen LogP contribution in [0.4, 0.5) is 0 Å². The van der Waals surface area contributed by atoms with Crippen LogP contribution in [0, 0.1) is 17.8 Å². The number of benzene rings is 2. The maximum absolute atomic E-state index is 6.70. The monoisotopic (exact) mass is 459 g/mol. The van der Waals surface area contributed by atoms with E-state index in [0.717, 1.165) is 46.2 Å². The van der Waals surface area contributed by atoms with Gasteiger partial charge in [-0.3, -0.25) is 0 Å². The zero-order valence-corrected chi connectivity index (χ0v) is 19.6. The van der Waals surface area contributed by atoms with E-state index in [1.54, 1.807) is 0 Å². The first-order valence-corrected chi connectivity index (χ1v) is 12.4. The molecule has 4 saturated carbocycles. The van der Waals surface area contributed by atoms with Gasteiger partial charge >= 0.3 is 0 Å². The lowest BCUT2D eigenvalue weighted by Crippen LogP contribution is -2.58. The van der Waals surface area contributed by atoms with E-state index in [-0.39, 0.29) is 0 Å². The van der Waals surface area contributed by atoms with Crippen molar-refractivity contribution in [2.75, 3.05) is 6.61 Å². The predicted molar refractivity (Wildman–Crippen MR) is 126 cm³/mol. The number of rotatable bonds is 8. The second-order valence-electron chi connectivity index (χ2n) is 9.75. The smallest absolute Gasteiger partial charge is 0.163 e. The van der Waals surface area contributed by atoms with Gasteiger partial charge in [0.1, 0.15) is 6.61 Å². The highest BCUT2D eigenvalue weighted by molar-refractivity contribution is 6.31. The van der Waals surface area contributed by atoms with E-state index in [9.17, 15) is 0 Å². The van der Waals surface area contributed by atoms with Gasteiger partial charge in [0.2, 0.25) is 0 Å². The highest BCUT2D eigenvalue weighted by Gasteiger charge is 2.50. The van der Waals surface area contributed by atoms with Crippen LogP contribution in [0.15, 0.2) is 36.4 Å². The molecule has 31 heavy (non-hydrogen) atoms. The van der Waals surface area contributed by atoms with E-state index in [4.69, 9.17) is 32.7 Å². The summed E-state index contributed by atoms with van der Waals surface area (Å²) in [5.74, 6) is 4.17. The van der Waals surface area contributed by atoms with Crippen LogP contribution < -0.4 is 14.8 Å². The standard InChI is InChI=1S/C26H31Cl2NO2/c1-2-30-24-10-21(15-29-26-12-17-7-18(13-26)9-19(8-17)14-26)23(28)11-25(24)31-16-20-5-3-4-6-22(20)27/h3-6,10-11,17-19,29H,2,7-9,12-16H2,1H3. The first kappa shape index (κ1) is 21.4. The Hall–Kier alpha value is -1.42. The maximum atomic E-state index is 6.70. The molecule has 4 aliphatic carbocycles. The van der Waals surface area contributed by atoms with Crippen molar-refractivity contribution in [2.45, 2.75) is 64.1 Å². The van der Waals surface area contributed by atoms with E-state index in [1.807, 2.05) is 43.3 Å². The summed E-state index contributed by atoms with van der Waals surface area (Å²) in [4.78, 5) is 0. The predicted octanol–water partition coefficient (Wildman–Crippen LogP) is 7.03. The Labute approximate surface area is 195 Å². The lowest BCUT2D eigenvalue weighted by Gasteiger charge is -2.57. The average molecular weight is 460 g/mol. The summed E-state index contributed by atoms with van der Waals surface area (Å²) >= 11 is 13.0. The Morgan fingerprint density at radius 3 is 2.16 bits per heavy atom. The quantitative estimate of drug-likeness (QED) is 0.459. The highest BCUT2D eigenvalue weighted by atomic mass is 35.5. The van der Waals surface area contributed by atoms with E-state index >= 15 is 0 Å². The minimum Gasteiger partial charge on any atom is -0.490 e. The van der Waals surface area contributed by atoms with E-state index in [0.29, 0.717) is 29.5 Å². The second kappa shape index (κ2) is 8.84. The first-order chi connectivity index (χ1) is 15.0. The summed E-state index contributed by atoms with van der Waals surface area (Å²) in [5, 5.41) is 5.35. The molecule has 2 aromatic rings. The van der Waals surface area contributed by atoms with Crippen molar-refractivity contribution in [1.29, 1.82) is 0 Å². The van der Waals surface area contributed by atoms with Crippen molar-refractivity contribution in [3.8, 4) is 11.5 Å². The van der Waals surface area contributed by atoms with E-state index < -0.39 is 0 Å². The van der Waals surface area contributed by atoms with E-state index in [2.05, 4.69) is 5.32 Å². The summed E-state index contributed by atoms with van der Waals surface area (Å²) in [7, 11) is 0. The normalized spacial score (nSPS) is 28.7. The molecule has 5 heteroatoms. The first-order valence-electron chi connectivity index (χ1n) is 11.6. The van der Waals surface area contributed by atoms with Crippen molar-refractivity contribution in [3.05, 3.63) is 57.6 Å². The Bertz CT molecular complexity index is 910. The highest BCUT2D eigenvalue weighted by Crippen LogP contribution is 2.55. The molecule has 0 spiro atoms. The molecule has 0 aliphatic heterocycles. The van der Waals surface area contributed by atoms with Gasteiger partial charge in [-0.05, 0) is 80.9 Å². The number of nitrogens with one attached hydrogen (secondary N) is 1. The molecule has 6 rings (SSSR count). The molecule has 3 nitrogen and oxygen atoms in total. The molecule has 0 saturated heterocycles. The number of hydrogen-bond donors (Lipinski definition) is 1. The third-order valence-electron chi connectivity index (χ3n) is 7.45. The van der Waals surface area contributed by atoms with Gasteiger partial charge in [-0.15, -0.1) is 0 Å². The van der Waals surface area contributed by atoms with Crippen LogP contribution in [0.2, 0.25) is 10.0 Å². The van der Waals surface area contributed by atoms with Crippen molar-refractivity contribution < 1.29 is 9.47 Å². The van der Waals surface area contributed by atoms with Gasteiger partial charge in [0.05, 0.1) is 6.61 Å². The van der Waals surface area contributed by atoms with Gasteiger partial charge in [0.15, 0.2) is 11.5 Å². The van der Waals surface area contributed by atoms with Gasteiger partial charge in [-0.25, -0.2) is 0 Å². The van der Waals surface area contributed by atoms with Crippen molar-refractivity contribution in [3.63, 3.8) is 0 Å². The number of ether oxygens (including phenoxy) is 2. The van der Waals surface area contributed by atoms with Gasteiger partial charge in [-0.2, -0.15) is 0 Å². The molecular formula is C26H31Cl2NO2. The number of halogens is 2. The molecule has 0 radical (unpaired) electrons. The SMILES string of the molecule is CCOc1cc(CNC23CC4CC(CC(C4)C2)C3)c(Cl)cc1OCc1ccccc1Cl. The molecular weight excluding hydrogens is 429 g/mol. The van der Waals surface area contributed by atoms with Crippen LogP contribution in [0.3, 0.4) is 0 Å². The van der Waals surface area contributed by atoms with Crippen LogP contribution in [0.25, 0.3) is 0 Å². The van der Waals surface area contributed by atoms with E-state index in [1.165, 1.54) is 38.5 Å². The molecule has 166 valence electrons. The molecule has 0 aromatic heterocycles. The molecule has 0 amide bonds. The van der Waals surface area contributed by atoms with Crippen LogP contribution in [-0.2, 0) is 13.2 Å². The van der Waals surface area contributed by atoms with Crippen LogP contribution in [0.5, 0.6) is 11.5 Å². The minimum absolute atomic E-state index is 0.309. The number of hydrogen-bond acceptors (Lipinski definition) is 3. The minimum atomic E-state index is 0.309. The average Bonchev–Trinajstić information content (AvgIpc) is 2.73. The lowest BCUT2D eigenvalue weighted by atomic mass is 9.53. The maximum Gasteiger partial charge on any atom is 0.163 e. The Kier molecular flexibility index (Phi) is 6.11. The van der Waals surface area contributed by atoms with Crippen LogP contribution >= 0.6 is 23.2 Å². The molecule has 4 fully saturated rings. The largest absolute Gasteiger partial charge is 0.490 e. The summed E-state index contributed by atoms with van der Waals surface area (Å²) < 4.78 is 12.0. The zero-order valence-electron chi connectivity index (χ0n) is 18.1. The second-order valence-corrected chi connectivity index (χ2v) is 10.6. The molecule has 4 bridgehead atoms. The topological polar surface area (TPSA) is 30.5 Å². The lowest BCUT2D eigenvalue weighted by molar-refractivity contribution is -0.0206. The van der Waals surface area contributed by atoms with Crippen molar-refractivity contribution >= 4 is 23.2 Å². The summed E-state index contributed by atoms with van der Waals surface area (Å²) in [6.07, 6.45) is 8.34. The summed E-state index contributed by atoms with van der Waals surface area (Å²) in [5.41, 5.74) is 2.32. The van der Waals surface area contributed by atoms with Gasteiger partial charge in [0, 0.05) is 33.8 Å². The van der Waals surface area contributed by atoms with Crippen LogP contribution in [0.1, 0.15) is 56.6 Å². The van der Waals surface area contributed by atoms with Crippen LogP contribution in [-0.4, -0.2) is 12.1 Å². The fraction of sp³-hybridized carbons (Fsp3) is 0.538. The van der Waals surface area contributed by atoms with Gasteiger partial charge in [-0.1, -0.05) is 41.4 Å². The zero-order chi connectivity index (χ0) is 21.4. The molecule has 1 N–H and O–H groups in total. The molecule has 0 unspecified atom stereocenters. The molecule has 0 atom stereocenters. The third kappa shape index (κ3) is 4.55. The van der Waals surface area contributed by atoms with Crippen molar-refractivity contribution in [2.24, 2.45) is 17.8 Å². The fourth-order valence-corrected chi connectivity index (χ4v) is 6.89. The Morgan fingerprint density at radius 1 is 0.871 bits per heavy atom. The van der Waals surface area contributed by atoms with Crippen molar-refractivity contribution in [1.82, 2.24) is 5.32 Å². The fourth-order valence-electron chi connectivity index (χ4n) is 6.47. The molecule has 0 heterocycles. The third-order valence-corrected chi connectivity index (χ3v) is 8.17. The molecule has 2 aromatic carbocycles. The van der Waals surface area contributed by atoms with Gasteiger partial charge < -0.3 is 14.8 Å². The Balaban J connectivity index is 1.30. The van der Waals surface area contributed by atoms with Gasteiger partial charge in [0.25, 0.3) is 0 Å². The molecule has 4 aliphatic rings.